The number of hydrazine groups is 1. The number of aliphatic hydroxyl groups is 2. The monoisotopic (exact) mass is 744 g/mol. The van der Waals surface area contributed by atoms with Crippen LogP contribution in [0.1, 0.15) is 132 Å². The number of hydrogen-bond donors (Lipinski definition) is 4. The summed E-state index contributed by atoms with van der Waals surface area (Å²) in [5, 5.41) is 30.8. The minimum atomic E-state index is -1.13. The van der Waals surface area contributed by atoms with Crippen molar-refractivity contribution >= 4 is 34.3 Å². The molecular weight excluding hydrogens is 684 g/mol. The van der Waals surface area contributed by atoms with Crippen molar-refractivity contribution in [3.05, 3.63) is 52.7 Å². The van der Waals surface area contributed by atoms with Crippen LogP contribution in [-0.4, -0.2) is 55.9 Å². The molecule has 5 atom stereocenters. The lowest BCUT2D eigenvalue weighted by Gasteiger charge is -2.36. The molecule has 2 heterocycles. The molecular formula is C43H60N4O7. The molecule has 1 aliphatic carbocycles. The molecule has 11 nitrogen and oxygen atoms in total. The van der Waals surface area contributed by atoms with Crippen molar-refractivity contribution < 1.29 is 34.1 Å². The maximum absolute atomic E-state index is 13.4. The highest BCUT2D eigenvalue weighted by molar-refractivity contribution is 5.93. The van der Waals surface area contributed by atoms with E-state index in [-0.39, 0.29) is 42.0 Å². The van der Waals surface area contributed by atoms with Crippen LogP contribution in [-0.2, 0) is 20.8 Å². The normalized spacial score (nSPS) is 21.4. The van der Waals surface area contributed by atoms with Gasteiger partial charge in [0.25, 0.3) is 5.91 Å². The summed E-state index contributed by atoms with van der Waals surface area (Å²) in [7, 11) is 0. The van der Waals surface area contributed by atoms with E-state index in [4.69, 9.17) is 9.47 Å². The van der Waals surface area contributed by atoms with Crippen molar-refractivity contribution in [2.75, 3.05) is 5.43 Å². The van der Waals surface area contributed by atoms with Gasteiger partial charge in [0.05, 0.1) is 18.4 Å². The van der Waals surface area contributed by atoms with E-state index in [0.717, 1.165) is 97.2 Å². The number of carbonyl (C=O) groups is 3. The fourth-order valence-corrected chi connectivity index (χ4v) is 8.19. The molecule has 5 rings (SSSR count). The van der Waals surface area contributed by atoms with Crippen molar-refractivity contribution in [3.8, 4) is 11.5 Å². The van der Waals surface area contributed by atoms with Crippen LogP contribution in [0.5, 0.6) is 11.5 Å². The Bertz CT molecular complexity index is 1770. The Morgan fingerprint density at radius 3 is 2.56 bits per heavy atom. The van der Waals surface area contributed by atoms with Crippen LogP contribution in [0.15, 0.2) is 30.5 Å². The molecule has 1 aliphatic heterocycles. The summed E-state index contributed by atoms with van der Waals surface area (Å²) in [6.07, 6.45) is 12.9. The molecule has 2 aromatic carbocycles. The number of nitrogens with zero attached hydrogens (tertiary/aromatic N) is 2. The lowest BCUT2D eigenvalue weighted by atomic mass is 9.85. The number of aromatic nitrogens is 2. The molecule has 1 aromatic heterocycles. The van der Waals surface area contributed by atoms with Crippen molar-refractivity contribution in [1.82, 2.24) is 15.6 Å². The fraction of sp³-hybridized carbons (Fsp3) is 0.605. The Kier molecular flexibility index (Phi) is 14.4. The van der Waals surface area contributed by atoms with E-state index in [1.807, 2.05) is 45.0 Å². The third-order valence-corrected chi connectivity index (χ3v) is 11.8. The van der Waals surface area contributed by atoms with Crippen LogP contribution in [0.3, 0.4) is 0 Å². The second kappa shape index (κ2) is 19.0. The number of fused-ring (bicyclic) bond motifs is 2. The van der Waals surface area contributed by atoms with Crippen molar-refractivity contribution in [2.24, 2.45) is 11.8 Å². The zero-order valence-corrected chi connectivity index (χ0v) is 32.8. The van der Waals surface area contributed by atoms with Gasteiger partial charge in [-0.25, -0.2) is 0 Å². The van der Waals surface area contributed by atoms with E-state index in [2.05, 4.69) is 28.0 Å². The molecule has 2 aliphatic rings. The van der Waals surface area contributed by atoms with Crippen LogP contribution >= 0.6 is 0 Å². The average molecular weight is 745 g/mol. The summed E-state index contributed by atoms with van der Waals surface area (Å²) in [5.41, 5.74) is 8.00. The molecule has 4 N–H and O–H groups in total. The highest BCUT2D eigenvalue weighted by atomic mass is 16.5. The molecule has 11 heteroatoms. The van der Waals surface area contributed by atoms with Gasteiger partial charge in [-0.2, -0.15) is 5.10 Å². The van der Waals surface area contributed by atoms with Crippen LogP contribution < -0.4 is 20.3 Å². The summed E-state index contributed by atoms with van der Waals surface area (Å²) in [4.78, 5) is 39.1. The highest BCUT2D eigenvalue weighted by Gasteiger charge is 2.42. The third kappa shape index (κ3) is 9.96. The smallest absolute Gasteiger partial charge is 0.311 e. The number of anilines is 1. The molecule has 294 valence electrons. The minimum Gasteiger partial charge on any atom is -0.477 e. The number of benzene rings is 2. The Labute approximate surface area is 320 Å². The average Bonchev–Trinajstić information content (AvgIpc) is 3.43. The number of rotatable bonds is 19. The molecule has 0 spiro atoms. The Morgan fingerprint density at radius 1 is 1.00 bits per heavy atom. The number of Topliss-reactive ketones (excluding diaryl/α,β-unsaturated/α-hetero) is 1. The maximum Gasteiger partial charge on any atom is 0.311 e. The van der Waals surface area contributed by atoms with Gasteiger partial charge >= 0.3 is 5.97 Å². The number of hydrogen-bond acceptors (Lipinski definition) is 10. The standard InChI is InChI=1S/C43H60N4O7/c1-6-7-11-17-31(48)21-22-35-34(36(49)25-37(35)50)19-12-9-8-10-13-20-38(51)53-39-27(2)28(3)40-32(29(39)4)23-24-43(5,54-40)42(52)47-46-41-33-18-15-14-16-30(33)26-44-45-41/h14-16,18,26,31,34-35,37,48,50H,6-13,17,19-25H2,1-5H3,(H,45,46)(H,47,52). The lowest BCUT2D eigenvalue weighted by molar-refractivity contribution is -0.136. The van der Waals surface area contributed by atoms with E-state index >= 15 is 0 Å². The first kappa shape index (κ1) is 41.1. The summed E-state index contributed by atoms with van der Waals surface area (Å²) < 4.78 is 12.4. The van der Waals surface area contributed by atoms with Crippen molar-refractivity contribution in [2.45, 2.75) is 155 Å². The predicted octanol–water partition coefficient (Wildman–Crippen LogP) is 7.71. The van der Waals surface area contributed by atoms with Gasteiger partial charge in [0.2, 0.25) is 0 Å². The third-order valence-electron chi connectivity index (χ3n) is 11.8. The number of carbonyl (C=O) groups excluding carboxylic acids is 3. The Morgan fingerprint density at radius 2 is 1.76 bits per heavy atom. The van der Waals surface area contributed by atoms with E-state index in [0.29, 0.717) is 49.4 Å². The summed E-state index contributed by atoms with van der Waals surface area (Å²) >= 11 is 0. The second-order valence-corrected chi connectivity index (χ2v) is 15.7. The molecule has 1 fully saturated rings. The summed E-state index contributed by atoms with van der Waals surface area (Å²) in [6, 6.07) is 7.65. The van der Waals surface area contributed by atoms with Crippen molar-refractivity contribution in [3.63, 3.8) is 0 Å². The fourth-order valence-electron chi connectivity index (χ4n) is 8.19. The molecule has 0 radical (unpaired) electrons. The Hall–Kier alpha value is -4.09. The number of unbranched alkanes of at least 4 members (excludes halogenated alkanes) is 6. The molecule has 1 saturated carbocycles. The number of amides is 1. The van der Waals surface area contributed by atoms with Gasteiger partial charge in [0.1, 0.15) is 17.3 Å². The van der Waals surface area contributed by atoms with Crippen LogP contribution in [0.25, 0.3) is 10.8 Å². The SMILES string of the molecule is CCCCCC(O)CCC1C(O)CC(=O)C1CCCCCCCC(=O)Oc1c(C)c(C)c2c(c1C)CCC(C)(C(=O)NNc1nncc3ccccc13)O2. The maximum atomic E-state index is 13.4. The first-order chi connectivity index (χ1) is 25.9. The van der Waals surface area contributed by atoms with Gasteiger partial charge in [0, 0.05) is 41.5 Å². The molecule has 5 unspecified atom stereocenters. The molecule has 0 saturated heterocycles. The quantitative estimate of drug-likeness (QED) is 0.0415. The Balaban J connectivity index is 1.06. The zero-order chi connectivity index (χ0) is 38.8. The van der Waals surface area contributed by atoms with Crippen LogP contribution in [0.4, 0.5) is 5.82 Å². The van der Waals surface area contributed by atoms with Gasteiger partial charge in [0.15, 0.2) is 11.4 Å². The largest absolute Gasteiger partial charge is 0.477 e. The van der Waals surface area contributed by atoms with E-state index in [1.54, 1.807) is 13.1 Å². The molecule has 54 heavy (non-hydrogen) atoms. The first-order valence-corrected chi connectivity index (χ1v) is 20.1. The molecule has 1 amide bonds. The minimum absolute atomic E-state index is 0.0535. The summed E-state index contributed by atoms with van der Waals surface area (Å²) in [5.74, 6) is 1.06. The highest BCUT2D eigenvalue weighted by Crippen LogP contribution is 2.44. The van der Waals surface area contributed by atoms with E-state index in [1.165, 1.54) is 0 Å². The number of aliphatic hydroxyl groups excluding tert-OH is 2. The predicted molar refractivity (Wildman–Crippen MR) is 209 cm³/mol. The van der Waals surface area contributed by atoms with E-state index in [9.17, 15) is 24.6 Å². The topological polar surface area (TPSA) is 160 Å². The number of ether oxygens (including phenoxy) is 2. The number of esters is 1. The lowest BCUT2D eigenvalue weighted by Crippen LogP contribution is -2.52. The zero-order valence-electron chi connectivity index (χ0n) is 32.8. The summed E-state index contributed by atoms with van der Waals surface area (Å²) in [6.45, 7) is 9.70. The van der Waals surface area contributed by atoms with Crippen LogP contribution in [0.2, 0.25) is 0 Å². The number of nitrogens with one attached hydrogen (secondary N) is 2. The number of ketones is 1. The van der Waals surface area contributed by atoms with E-state index < -0.39 is 11.7 Å². The van der Waals surface area contributed by atoms with Gasteiger partial charge < -0.3 is 19.7 Å². The molecule has 3 aromatic rings. The second-order valence-electron chi connectivity index (χ2n) is 15.7. The van der Waals surface area contributed by atoms with Crippen LogP contribution in [0, 0.1) is 32.6 Å². The molecule has 0 bridgehead atoms. The van der Waals surface area contributed by atoms with Crippen molar-refractivity contribution in [1.29, 1.82) is 0 Å². The van der Waals surface area contributed by atoms with Gasteiger partial charge in [-0.05, 0) is 88.8 Å². The van der Waals surface area contributed by atoms with Gasteiger partial charge in [-0.3, -0.25) is 25.2 Å². The first-order valence-electron chi connectivity index (χ1n) is 20.1. The van der Waals surface area contributed by atoms with Gasteiger partial charge in [-0.1, -0.05) is 76.1 Å². The van der Waals surface area contributed by atoms with Gasteiger partial charge in [-0.15, -0.1) is 5.10 Å².